The molecule has 0 radical (unpaired) electrons. The highest BCUT2D eigenvalue weighted by molar-refractivity contribution is 6.31. The van der Waals surface area contributed by atoms with Crippen LogP contribution in [0.1, 0.15) is 30.5 Å². The molecule has 0 amide bonds. The lowest BCUT2D eigenvalue weighted by atomic mass is 9.98. The van der Waals surface area contributed by atoms with Crippen LogP contribution in [0.5, 0.6) is 5.75 Å². The fourth-order valence-electron chi connectivity index (χ4n) is 2.26. The normalized spacial score (nSPS) is 12.3. The van der Waals surface area contributed by atoms with Crippen molar-refractivity contribution in [1.82, 2.24) is 5.32 Å². The van der Waals surface area contributed by atoms with Gasteiger partial charge in [0.2, 0.25) is 0 Å². The second-order valence-electron chi connectivity index (χ2n) is 5.04. The zero-order chi connectivity index (χ0) is 15.2. The summed E-state index contributed by atoms with van der Waals surface area (Å²) in [4.78, 5) is 0. The van der Waals surface area contributed by atoms with Gasteiger partial charge in [0, 0.05) is 11.1 Å². The summed E-state index contributed by atoms with van der Waals surface area (Å²) in [5, 5.41) is 13.2. The van der Waals surface area contributed by atoms with Crippen LogP contribution >= 0.6 is 11.6 Å². The molecular weight excluding hydrogens is 289 g/mol. The maximum Gasteiger partial charge on any atom is 0.124 e. The van der Waals surface area contributed by atoms with Crippen molar-refractivity contribution in [2.75, 3.05) is 6.54 Å². The predicted molar refractivity (Wildman–Crippen MR) is 84.3 cm³/mol. The Labute approximate surface area is 129 Å². The topological polar surface area (TPSA) is 32.3 Å². The standard InChI is InChI=1S/C17H19ClFNO/c1-2-9-20-17(10-12-3-6-14(21)7-4-12)15-8-5-13(19)11-16(15)18/h3-8,11,17,20-21H,2,9-10H2,1H3. The van der Waals surface area contributed by atoms with Gasteiger partial charge < -0.3 is 10.4 Å². The number of halogens is 2. The van der Waals surface area contributed by atoms with Gasteiger partial charge in [-0.15, -0.1) is 0 Å². The molecule has 0 aliphatic rings. The van der Waals surface area contributed by atoms with E-state index in [2.05, 4.69) is 12.2 Å². The third-order valence-electron chi connectivity index (χ3n) is 3.35. The van der Waals surface area contributed by atoms with Crippen molar-refractivity contribution in [1.29, 1.82) is 0 Å². The van der Waals surface area contributed by atoms with Gasteiger partial charge in [0.25, 0.3) is 0 Å². The molecule has 0 saturated carbocycles. The van der Waals surface area contributed by atoms with Crippen molar-refractivity contribution in [3.8, 4) is 5.75 Å². The lowest BCUT2D eigenvalue weighted by Gasteiger charge is -2.20. The van der Waals surface area contributed by atoms with Crippen molar-refractivity contribution < 1.29 is 9.50 Å². The summed E-state index contributed by atoms with van der Waals surface area (Å²) in [5.41, 5.74) is 1.97. The molecule has 2 N–H and O–H groups in total. The SMILES string of the molecule is CCCNC(Cc1ccc(O)cc1)c1ccc(F)cc1Cl. The van der Waals surface area contributed by atoms with Crippen LogP contribution in [0.2, 0.25) is 5.02 Å². The molecule has 2 nitrogen and oxygen atoms in total. The molecule has 0 fully saturated rings. The molecule has 1 atom stereocenters. The fourth-order valence-corrected chi connectivity index (χ4v) is 2.56. The monoisotopic (exact) mass is 307 g/mol. The van der Waals surface area contributed by atoms with E-state index in [1.807, 2.05) is 12.1 Å². The second-order valence-corrected chi connectivity index (χ2v) is 5.45. The Morgan fingerprint density at radius 2 is 1.90 bits per heavy atom. The summed E-state index contributed by atoms with van der Waals surface area (Å²) in [6.45, 7) is 2.95. The van der Waals surface area contributed by atoms with E-state index in [0.717, 1.165) is 30.5 Å². The number of hydrogen-bond donors (Lipinski definition) is 2. The smallest absolute Gasteiger partial charge is 0.124 e. The number of aromatic hydroxyl groups is 1. The minimum Gasteiger partial charge on any atom is -0.508 e. The third kappa shape index (κ3) is 4.45. The molecule has 0 aliphatic heterocycles. The van der Waals surface area contributed by atoms with Crippen molar-refractivity contribution in [2.24, 2.45) is 0 Å². The maximum absolute atomic E-state index is 13.2. The Morgan fingerprint density at radius 1 is 1.19 bits per heavy atom. The van der Waals surface area contributed by atoms with Gasteiger partial charge in [0.1, 0.15) is 11.6 Å². The first-order valence-electron chi connectivity index (χ1n) is 7.06. The number of hydrogen-bond acceptors (Lipinski definition) is 2. The van der Waals surface area contributed by atoms with Gasteiger partial charge in [-0.1, -0.05) is 36.7 Å². The number of phenols is 1. The summed E-state index contributed by atoms with van der Waals surface area (Å²) in [6, 6.07) is 11.6. The molecule has 112 valence electrons. The molecular formula is C17H19ClFNO. The Bertz CT molecular complexity index is 586. The molecule has 0 saturated heterocycles. The minimum absolute atomic E-state index is 0.0163. The maximum atomic E-state index is 13.2. The highest BCUT2D eigenvalue weighted by Gasteiger charge is 2.15. The Balaban J connectivity index is 2.22. The number of nitrogens with one attached hydrogen (secondary N) is 1. The average Bonchev–Trinajstić information content (AvgIpc) is 2.46. The van der Waals surface area contributed by atoms with E-state index < -0.39 is 0 Å². The van der Waals surface area contributed by atoms with Gasteiger partial charge in [0.15, 0.2) is 0 Å². The van der Waals surface area contributed by atoms with Crippen molar-refractivity contribution in [3.63, 3.8) is 0 Å². The van der Waals surface area contributed by atoms with Crippen molar-refractivity contribution in [3.05, 3.63) is 64.4 Å². The van der Waals surface area contributed by atoms with E-state index in [1.54, 1.807) is 18.2 Å². The van der Waals surface area contributed by atoms with Crippen LogP contribution in [0.15, 0.2) is 42.5 Å². The summed E-state index contributed by atoms with van der Waals surface area (Å²) in [5.74, 6) is -0.0840. The summed E-state index contributed by atoms with van der Waals surface area (Å²) in [7, 11) is 0. The first-order chi connectivity index (χ1) is 10.1. The molecule has 0 heterocycles. The largest absolute Gasteiger partial charge is 0.508 e. The molecule has 0 spiro atoms. The Morgan fingerprint density at radius 3 is 2.52 bits per heavy atom. The third-order valence-corrected chi connectivity index (χ3v) is 3.68. The Hall–Kier alpha value is -1.58. The molecule has 2 rings (SSSR count). The first kappa shape index (κ1) is 15.8. The number of rotatable bonds is 6. The molecule has 0 bridgehead atoms. The van der Waals surface area contributed by atoms with Gasteiger partial charge in [-0.2, -0.15) is 0 Å². The first-order valence-corrected chi connectivity index (χ1v) is 7.44. The van der Waals surface area contributed by atoms with Crippen LogP contribution in [-0.4, -0.2) is 11.7 Å². The summed E-state index contributed by atoms with van der Waals surface area (Å²) in [6.07, 6.45) is 1.73. The van der Waals surface area contributed by atoms with Crippen LogP contribution in [-0.2, 0) is 6.42 Å². The predicted octanol–water partition coefficient (Wildman–Crippen LogP) is 4.47. The summed E-state index contributed by atoms with van der Waals surface area (Å²) < 4.78 is 13.2. The molecule has 1 unspecified atom stereocenters. The van der Waals surface area contributed by atoms with Gasteiger partial charge in [-0.25, -0.2) is 4.39 Å². The van der Waals surface area contributed by atoms with Crippen LogP contribution in [0.3, 0.4) is 0 Å². The Kier molecular flexibility index (Phi) is 5.59. The lowest BCUT2D eigenvalue weighted by molar-refractivity contribution is 0.474. The van der Waals surface area contributed by atoms with E-state index in [-0.39, 0.29) is 17.6 Å². The quantitative estimate of drug-likeness (QED) is 0.825. The van der Waals surface area contributed by atoms with Gasteiger partial charge in [-0.05, 0) is 54.8 Å². The number of phenolic OH excluding ortho intramolecular Hbond substituents is 1. The second kappa shape index (κ2) is 7.43. The molecule has 0 aliphatic carbocycles. The molecule has 4 heteroatoms. The van der Waals surface area contributed by atoms with Crippen molar-refractivity contribution in [2.45, 2.75) is 25.8 Å². The van der Waals surface area contributed by atoms with E-state index in [9.17, 15) is 9.50 Å². The van der Waals surface area contributed by atoms with E-state index >= 15 is 0 Å². The molecule has 2 aromatic rings. The van der Waals surface area contributed by atoms with Crippen LogP contribution < -0.4 is 5.32 Å². The zero-order valence-corrected chi connectivity index (χ0v) is 12.7. The van der Waals surface area contributed by atoms with E-state index in [0.29, 0.717) is 5.02 Å². The van der Waals surface area contributed by atoms with Gasteiger partial charge in [0.05, 0.1) is 0 Å². The van der Waals surface area contributed by atoms with E-state index in [1.165, 1.54) is 12.1 Å². The molecule has 21 heavy (non-hydrogen) atoms. The highest BCUT2D eigenvalue weighted by Crippen LogP contribution is 2.27. The molecule has 0 aromatic heterocycles. The highest BCUT2D eigenvalue weighted by atomic mass is 35.5. The lowest BCUT2D eigenvalue weighted by Crippen LogP contribution is -2.24. The van der Waals surface area contributed by atoms with Crippen LogP contribution in [0, 0.1) is 5.82 Å². The van der Waals surface area contributed by atoms with Crippen LogP contribution in [0.4, 0.5) is 4.39 Å². The molecule has 2 aromatic carbocycles. The zero-order valence-electron chi connectivity index (χ0n) is 11.9. The van der Waals surface area contributed by atoms with Gasteiger partial charge in [-0.3, -0.25) is 0 Å². The number of benzene rings is 2. The average molecular weight is 308 g/mol. The van der Waals surface area contributed by atoms with E-state index in [4.69, 9.17) is 11.6 Å². The minimum atomic E-state index is -0.331. The summed E-state index contributed by atoms with van der Waals surface area (Å²) >= 11 is 6.17. The fraction of sp³-hybridized carbons (Fsp3) is 0.294. The van der Waals surface area contributed by atoms with Crippen molar-refractivity contribution >= 4 is 11.6 Å². The van der Waals surface area contributed by atoms with Gasteiger partial charge >= 0.3 is 0 Å². The van der Waals surface area contributed by atoms with Crippen LogP contribution in [0.25, 0.3) is 0 Å².